The van der Waals surface area contributed by atoms with Gasteiger partial charge in [-0.15, -0.1) is 0 Å². The summed E-state index contributed by atoms with van der Waals surface area (Å²) in [6.45, 7) is 0.264. The fraction of sp³-hybridized carbons (Fsp3) is 0.200. The molecule has 0 fully saturated rings. The Hall–Kier alpha value is -2.20. The fourth-order valence-corrected chi connectivity index (χ4v) is 1.95. The molecule has 1 aromatic heterocycles. The Kier molecular flexibility index (Phi) is 4.26. The quantitative estimate of drug-likeness (QED) is 0.831. The molecular weight excluding hydrogens is 240 g/mol. The van der Waals surface area contributed by atoms with E-state index in [0.717, 1.165) is 5.56 Å². The first-order valence-electron chi connectivity index (χ1n) is 6.04. The predicted molar refractivity (Wildman–Crippen MR) is 73.4 cm³/mol. The number of hydrogen-bond acceptors (Lipinski definition) is 4. The maximum atomic E-state index is 12.5. The summed E-state index contributed by atoms with van der Waals surface area (Å²) < 4.78 is 5.08. The molecule has 19 heavy (non-hydrogen) atoms. The first-order chi connectivity index (χ1) is 9.26. The van der Waals surface area contributed by atoms with E-state index in [-0.39, 0.29) is 18.2 Å². The number of carbonyl (C=O) groups is 1. The van der Waals surface area contributed by atoms with Crippen LogP contribution in [-0.4, -0.2) is 24.4 Å². The van der Waals surface area contributed by atoms with Crippen molar-refractivity contribution in [2.75, 3.05) is 13.7 Å². The van der Waals surface area contributed by atoms with Gasteiger partial charge in [-0.1, -0.05) is 30.3 Å². The Labute approximate surface area is 112 Å². The highest BCUT2D eigenvalue weighted by molar-refractivity contribution is 6.01. The molecule has 0 aliphatic rings. The van der Waals surface area contributed by atoms with Crippen LogP contribution in [0.5, 0.6) is 5.75 Å². The molecule has 4 nitrogen and oxygen atoms in total. The first-order valence-corrected chi connectivity index (χ1v) is 6.04. The van der Waals surface area contributed by atoms with Gasteiger partial charge in [0.15, 0.2) is 5.78 Å². The molecule has 0 aliphatic heterocycles. The smallest absolute Gasteiger partial charge is 0.173 e. The highest BCUT2D eigenvalue weighted by atomic mass is 16.5. The van der Waals surface area contributed by atoms with Crippen molar-refractivity contribution in [3.05, 3.63) is 59.9 Å². The zero-order chi connectivity index (χ0) is 13.7. The second kappa shape index (κ2) is 6.11. The van der Waals surface area contributed by atoms with Gasteiger partial charge in [0, 0.05) is 18.3 Å². The van der Waals surface area contributed by atoms with Crippen molar-refractivity contribution in [3.8, 4) is 5.75 Å². The van der Waals surface area contributed by atoms with Crippen LogP contribution in [0.15, 0.2) is 48.8 Å². The second-order valence-corrected chi connectivity index (χ2v) is 4.18. The average Bonchev–Trinajstić information content (AvgIpc) is 2.49. The van der Waals surface area contributed by atoms with Crippen molar-refractivity contribution in [1.82, 2.24) is 4.98 Å². The molecule has 0 bridgehead atoms. The van der Waals surface area contributed by atoms with E-state index >= 15 is 0 Å². The Morgan fingerprint density at radius 3 is 2.68 bits per heavy atom. The summed E-state index contributed by atoms with van der Waals surface area (Å²) >= 11 is 0. The van der Waals surface area contributed by atoms with Gasteiger partial charge in [0.25, 0.3) is 0 Å². The lowest BCUT2D eigenvalue weighted by molar-refractivity contribution is 0.0961. The summed E-state index contributed by atoms with van der Waals surface area (Å²) in [5, 5.41) is 0. The van der Waals surface area contributed by atoms with E-state index in [1.165, 1.54) is 6.20 Å². The van der Waals surface area contributed by atoms with E-state index in [1.54, 1.807) is 19.4 Å². The normalized spacial score (nSPS) is 11.9. The molecule has 0 amide bonds. The number of ketones is 1. The third kappa shape index (κ3) is 2.98. The van der Waals surface area contributed by atoms with Crippen LogP contribution in [0.3, 0.4) is 0 Å². The molecule has 2 aromatic rings. The van der Waals surface area contributed by atoms with Crippen molar-refractivity contribution in [2.45, 2.75) is 5.92 Å². The zero-order valence-corrected chi connectivity index (χ0v) is 10.7. The largest absolute Gasteiger partial charge is 0.495 e. The lowest BCUT2D eigenvalue weighted by Crippen LogP contribution is -2.22. The van der Waals surface area contributed by atoms with Gasteiger partial charge >= 0.3 is 0 Å². The summed E-state index contributed by atoms with van der Waals surface area (Å²) in [4.78, 5) is 16.5. The molecule has 0 saturated heterocycles. The molecule has 0 radical (unpaired) electrons. The maximum absolute atomic E-state index is 12.5. The summed E-state index contributed by atoms with van der Waals surface area (Å²) in [5.41, 5.74) is 7.17. The molecule has 0 aliphatic carbocycles. The number of hydrogen-bond donors (Lipinski definition) is 1. The van der Waals surface area contributed by atoms with Crippen LogP contribution in [0.1, 0.15) is 21.8 Å². The summed E-state index contributed by atoms with van der Waals surface area (Å²) in [6.07, 6.45) is 3.10. The molecule has 2 N–H and O–H groups in total. The number of rotatable bonds is 5. The Morgan fingerprint density at radius 1 is 1.32 bits per heavy atom. The van der Waals surface area contributed by atoms with E-state index < -0.39 is 0 Å². The number of nitrogens with zero attached hydrogens (tertiary/aromatic N) is 1. The van der Waals surface area contributed by atoms with Crippen LogP contribution in [-0.2, 0) is 0 Å². The number of benzene rings is 1. The number of methoxy groups -OCH3 is 1. The number of Topliss-reactive ketones (excluding diaryl/α,β-unsaturated/α-hetero) is 1. The number of pyridine rings is 1. The second-order valence-electron chi connectivity index (χ2n) is 4.18. The van der Waals surface area contributed by atoms with Gasteiger partial charge < -0.3 is 10.5 Å². The lowest BCUT2D eigenvalue weighted by Gasteiger charge is -2.14. The number of carbonyl (C=O) groups excluding carboxylic acids is 1. The van der Waals surface area contributed by atoms with Gasteiger partial charge in [0.2, 0.25) is 0 Å². The van der Waals surface area contributed by atoms with Gasteiger partial charge in [-0.3, -0.25) is 9.78 Å². The predicted octanol–water partition coefficient (Wildman–Crippen LogP) is 2.02. The summed E-state index contributed by atoms with van der Waals surface area (Å²) in [5.74, 6) is 0.171. The molecular formula is C15H16N2O2. The maximum Gasteiger partial charge on any atom is 0.173 e. The van der Waals surface area contributed by atoms with E-state index in [2.05, 4.69) is 4.98 Å². The van der Waals surface area contributed by atoms with Crippen molar-refractivity contribution in [1.29, 1.82) is 0 Å². The minimum atomic E-state index is -0.352. The first kappa shape index (κ1) is 13.2. The van der Waals surface area contributed by atoms with Gasteiger partial charge in [-0.25, -0.2) is 0 Å². The minimum Gasteiger partial charge on any atom is -0.495 e. The molecule has 1 unspecified atom stereocenters. The van der Waals surface area contributed by atoms with Crippen LogP contribution in [0.4, 0.5) is 0 Å². The molecule has 1 atom stereocenters. The minimum absolute atomic E-state index is 0.0416. The van der Waals surface area contributed by atoms with Gasteiger partial charge in [0.05, 0.1) is 19.2 Å². The van der Waals surface area contributed by atoms with E-state index in [0.29, 0.717) is 11.3 Å². The molecule has 2 rings (SSSR count). The molecule has 0 saturated carbocycles. The molecule has 4 heteroatoms. The van der Waals surface area contributed by atoms with Crippen molar-refractivity contribution >= 4 is 5.78 Å². The van der Waals surface area contributed by atoms with E-state index in [4.69, 9.17) is 10.5 Å². The fourth-order valence-electron chi connectivity index (χ4n) is 1.95. The van der Waals surface area contributed by atoms with Crippen molar-refractivity contribution in [2.24, 2.45) is 5.73 Å². The topological polar surface area (TPSA) is 65.2 Å². The standard InChI is InChI=1S/C15H16N2O2/c1-19-13-7-12(9-17-10-13)15(18)14(8-16)11-5-3-2-4-6-11/h2-7,9-10,14H,8,16H2,1H3. The number of nitrogens with two attached hydrogens (primary N) is 1. The average molecular weight is 256 g/mol. The van der Waals surface area contributed by atoms with Crippen LogP contribution in [0.2, 0.25) is 0 Å². The highest BCUT2D eigenvalue weighted by Gasteiger charge is 2.21. The monoisotopic (exact) mass is 256 g/mol. The van der Waals surface area contributed by atoms with E-state index in [9.17, 15) is 4.79 Å². The van der Waals surface area contributed by atoms with Crippen LogP contribution in [0, 0.1) is 0 Å². The van der Waals surface area contributed by atoms with Crippen molar-refractivity contribution in [3.63, 3.8) is 0 Å². The molecule has 1 aromatic carbocycles. The Balaban J connectivity index is 2.30. The highest BCUT2D eigenvalue weighted by Crippen LogP contribution is 2.21. The van der Waals surface area contributed by atoms with Gasteiger partial charge in [-0.2, -0.15) is 0 Å². The van der Waals surface area contributed by atoms with Crippen LogP contribution >= 0.6 is 0 Å². The Morgan fingerprint density at radius 2 is 2.05 bits per heavy atom. The van der Waals surface area contributed by atoms with E-state index in [1.807, 2.05) is 30.3 Å². The molecule has 0 spiro atoms. The van der Waals surface area contributed by atoms with Crippen molar-refractivity contribution < 1.29 is 9.53 Å². The lowest BCUT2D eigenvalue weighted by atomic mass is 9.91. The van der Waals surface area contributed by atoms with Crippen LogP contribution in [0.25, 0.3) is 0 Å². The molecule has 98 valence electrons. The van der Waals surface area contributed by atoms with Crippen LogP contribution < -0.4 is 10.5 Å². The van der Waals surface area contributed by atoms with Gasteiger partial charge in [-0.05, 0) is 11.6 Å². The summed E-state index contributed by atoms with van der Waals surface area (Å²) in [7, 11) is 1.54. The number of ether oxygens (including phenoxy) is 1. The summed E-state index contributed by atoms with van der Waals surface area (Å²) in [6, 6.07) is 11.2. The third-order valence-corrected chi connectivity index (χ3v) is 2.99. The SMILES string of the molecule is COc1cncc(C(=O)C(CN)c2ccccc2)c1. The molecule has 1 heterocycles. The zero-order valence-electron chi connectivity index (χ0n) is 10.7. The number of aromatic nitrogens is 1. The van der Waals surface area contributed by atoms with Gasteiger partial charge in [0.1, 0.15) is 5.75 Å². The third-order valence-electron chi connectivity index (χ3n) is 2.99. The Bertz CT molecular complexity index is 555.